The lowest BCUT2D eigenvalue weighted by atomic mass is 10.1. The predicted octanol–water partition coefficient (Wildman–Crippen LogP) is 1.92. The largest absolute Gasteiger partial charge is 0.371 e. The Morgan fingerprint density at radius 3 is 2.29 bits per heavy atom. The molecule has 2 nitrogen and oxygen atoms in total. The topological polar surface area (TPSA) is 29.3 Å². The van der Waals surface area contributed by atoms with Gasteiger partial charge in [-0.3, -0.25) is 0 Å². The molecule has 2 rings (SSSR count). The number of rotatable bonds is 1. The van der Waals surface area contributed by atoms with Crippen molar-refractivity contribution in [3.63, 3.8) is 0 Å². The van der Waals surface area contributed by atoms with E-state index in [0.29, 0.717) is 6.04 Å². The first-order valence-corrected chi connectivity index (χ1v) is 5.33. The van der Waals surface area contributed by atoms with Crippen LogP contribution in [0.4, 0.5) is 5.69 Å². The second-order valence-corrected chi connectivity index (χ2v) is 4.16. The number of hydrogen-bond donors (Lipinski definition) is 1. The Kier molecular flexibility index (Phi) is 2.73. The summed E-state index contributed by atoms with van der Waals surface area (Å²) in [5.74, 6) is 0. The van der Waals surface area contributed by atoms with Crippen molar-refractivity contribution in [2.75, 3.05) is 18.0 Å². The van der Waals surface area contributed by atoms with Crippen molar-refractivity contribution in [3.8, 4) is 0 Å². The fourth-order valence-electron chi connectivity index (χ4n) is 1.91. The summed E-state index contributed by atoms with van der Waals surface area (Å²) in [4.78, 5) is 2.42. The van der Waals surface area contributed by atoms with E-state index in [2.05, 4.69) is 36.1 Å². The van der Waals surface area contributed by atoms with Crippen molar-refractivity contribution in [3.05, 3.63) is 29.8 Å². The van der Waals surface area contributed by atoms with Gasteiger partial charge in [-0.25, -0.2) is 0 Å². The highest BCUT2D eigenvalue weighted by molar-refractivity contribution is 5.47. The summed E-state index contributed by atoms with van der Waals surface area (Å²) in [5.41, 5.74) is 8.53. The first-order chi connectivity index (χ1) is 6.75. The molecule has 0 amide bonds. The molecule has 0 bridgehead atoms. The maximum absolute atomic E-state index is 5.87. The van der Waals surface area contributed by atoms with E-state index < -0.39 is 0 Å². The second kappa shape index (κ2) is 4.01. The summed E-state index contributed by atoms with van der Waals surface area (Å²) in [5, 5.41) is 0. The zero-order chi connectivity index (χ0) is 9.97. The smallest absolute Gasteiger partial charge is 0.0366 e. The Balaban J connectivity index is 2.05. The van der Waals surface area contributed by atoms with Gasteiger partial charge < -0.3 is 10.6 Å². The van der Waals surface area contributed by atoms with E-state index in [1.807, 2.05) is 0 Å². The van der Waals surface area contributed by atoms with E-state index in [1.54, 1.807) is 0 Å². The van der Waals surface area contributed by atoms with E-state index in [0.717, 1.165) is 25.9 Å². The second-order valence-electron chi connectivity index (χ2n) is 4.16. The number of anilines is 1. The molecule has 0 atom stereocenters. The number of aryl methyl sites for hydroxylation is 1. The minimum atomic E-state index is 0.414. The normalized spacial score (nSPS) is 18.6. The zero-order valence-electron chi connectivity index (χ0n) is 8.74. The van der Waals surface area contributed by atoms with Crippen LogP contribution in [0.1, 0.15) is 18.4 Å². The quantitative estimate of drug-likeness (QED) is 0.733. The molecular formula is C12H18N2. The molecule has 14 heavy (non-hydrogen) atoms. The lowest BCUT2D eigenvalue weighted by molar-refractivity contribution is 0.501. The molecule has 1 saturated heterocycles. The Hall–Kier alpha value is -1.02. The first kappa shape index (κ1) is 9.53. The molecule has 76 valence electrons. The molecule has 0 radical (unpaired) electrons. The number of piperidine rings is 1. The highest BCUT2D eigenvalue weighted by atomic mass is 15.1. The van der Waals surface area contributed by atoms with Gasteiger partial charge in [0.2, 0.25) is 0 Å². The van der Waals surface area contributed by atoms with E-state index in [-0.39, 0.29) is 0 Å². The molecule has 0 aromatic heterocycles. The van der Waals surface area contributed by atoms with Crippen molar-refractivity contribution in [1.82, 2.24) is 0 Å². The van der Waals surface area contributed by atoms with Gasteiger partial charge in [0.15, 0.2) is 0 Å². The zero-order valence-corrected chi connectivity index (χ0v) is 8.74. The fraction of sp³-hybridized carbons (Fsp3) is 0.500. The van der Waals surface area contributed by atoms with Crippen molar-refractivity contribution >= 4 is 5.69 Å². The van der Waals surface area contributed by atoms with Gasteiger partial charge in [-0.15, -0.1) is 0 Å². The molecule has 2 heteroatoms. The molecule has 1 heterocycles. The van der Waals surface area contributed by atoms with Crippen LogP contribution in [0.3, 0.4) is 0 Å². The van der Waals surface area contributed by atoms with Crippen LogP contribution in [0, 0.1) is 6.92 Å². The van der Waals surface area contributed by atoms with Crippen LogP contribution in [0.2, 0.25) is 0 Å². The molecule has 0 saturated carbocycles. The number of nitrogens with two attached hydrogens (primary N) is 1. The Morgan fingerprint density at radius 1 is 1.14 bits per heavy atom. The molecule has 1 aliphatic heterocycles. The van der Waals surface area contributed by atoms with Gasteiger partial charge in [0, 0.05) is 24.8 Å². The van der Waals surface area contributed by atoms with Crippen LogP contribution < -0.4 is 10.6 Å². The highest BCUT2D eigenvalue weighted by Crippen LogP contribution is 2.19. The van der Waals surface area contributed by atoms with Crippen LogP contribution in [0.25, 0.3) is 0 Å². The molecule has 0 aliphatic carbocycles. The van der Waals surface area contributed by atoms with Crippen LogP contribution in [0.5, 0.6) is 0 Å². The van der Waals surface area contributed by atoms with Gasteiger partial charge >= 0.3 is 0 Å². The highest BCUT2D eigenvalue weighted by Gasteiger charge is 2.15. The molecule has 1 fully saturated rings. The van der Waals surface area contributed by atoms with E-state index in [9.17, 15) is 0 Å². The minimum Gasteiger partial charge on any atom is -0.371 e. The van der Waals surface area contributed by atoms with Crippen molar-refractivity contribution in [2.24, 2.45) is 5.73 Å². The lowest BCUT2D eigenvalue weighted by Crippen LogP contribution is -2.39. The SMILES string of the molecule is Cc1ccc(N2CCC(N)CC2)cc1. The van der Waals surface area contributed by atoms with E-state index in [4.69, 9.17) is 5.73 Å². The summed E-state index contributed by atoms with van der Waals surface area (Å²) < 4.78 is 0. The number of hydrogen-bond acceptors (Lipinski definition) is 2. The number of benzene rings is 1. The summed E-state index contributed by atoms with van der Waals surface area (Å²) in [6.45, 7) is 4.32. The third kappa shape index (κ3) is 2.07. The maximum Gasteiger partial charge on any atom is 0.0366 e. The summed E-state index contributed by atoms with van der Waals surface area (Å²) in [7, 11) is 0. The van der Waals surface area contributed by atoms with Gasteiger partial charge in [-0.1, -0.05) is 17.7 Å². The standard InChI is InChI=1S/C12H18N2/c1-10-2-4-12(5-3-10)14-8-6-11(13)7-9-14/h2-5,11H,6-9,13H2,1H3. The third-order valence-corrected chi connectivity index (χ3v) is 2.94. The molecule has 1 aromatic carbocycles. The minimum absolute atomic E-state index is 0.414. The summed E-state index contributed by atoms with van der Waals surface area (Å²) in [6, 6.07) is 9.16. The van der Waals surface area contributed by atoms with Gasteiger partial charge in [0.25, 0.3) is 0 Å². The molecule has 2 N–H and O–H groups in total. The van der Waals surface area contributed by atoms with Crippen LogP contribution in [0.15, 0.2) is 24.3 Å². The van der Waals surface area contributed by atoms with Gasteiger partial charge in [0.1, 0.15) is 0 Å². The van der Waals surface area contributed by atoms with Crippen molar-refractivity contribution < 1.29 is 0 Å². The Morgan fingerprint density at radius 2 is 1.71 bits per heavy atom. The van der Waals surface area contributed by atoms with E-state index in [1.165, 1.54) is 11.3 Å². The van der Waals surface area contributed by atoms with Crippen molar-refractivity contribution in [2.45, 2.75) is 25.8 Å². The van der Waals surface area contributed by atoms with Crippen molar-refractivity contribution in [1.29, 1.82) is 0 Å². The van der Waals surface area contributed by atoms with Crippen LogP contribution >= 0.6 is 0 Å². The Labute approximate surface area is 85.7 Å². The summed E-state index contributed by atoms with van der Waals surface area (Å²) >= 11 is 0. The monoisotopic (exact) mass is 190 g/mol. The van der Waals surface area contributed by atoms with Crippen LogP contribution in [-0.2, 0) is 0 Å². The lowest BCUT2D eigenvalue weighted by Gasteiger charge is -2.32. The summed E-state index contributed by atoms with van der Waals surface area (Å²) in [6.07, 6.45) is 2.24. The molecule has 0 spiro atoms. The molecule has 1 aliphatic rings. The molecular weight excluding hydrogens is 172 g/mol. The maximum atomic E-state index is 5.87. The average molecular weight is 190 g/mol. The third-order valence-electron chi connectivity index (χ3n) is 2.94. The van der Waals surface area contributed by atoms with E-state index >= 15 is 0 Å². The first-order valence-electron chi connectivity index (χ1n) is 5.33. The fourth-order valence-corrected chi connectivity index (χ4v) is 1.91. The van der Waals surface area contributed by atoms with Gasteiger partial charge in [-0.05, 0) is 31.9 Å². The predicted molar refractivity (Wildman–Crippen MR) is 60.6 cm³/mol. The van der Waals surface area contributed by atoms with Crippen LogP contribution in [-0.4, -0.2) is 19.1 Å². The molecule has 0 unspecified atom stereocenters. The van der Waals surface area contributed by atoms with Gasteiger partial charge in [0.05, 0.1) is 0 Å². The van der Waals surface area contributed by atoms with Gasteiger partial charge in [-0.2, -0.15) is 0 Å². The molecule has 1 aromatic rings. The number of nitrogens with zero attached hydrogens (tertiary/aromatic N) is 1. The average Bonchev–Trinajstić information content (AvgIpc) is 2.21. The Bertz CT molecular complexity index is 284.